The number of aryl methyl sites for hydroxylation is 1. The smallest absolute Gasteiger partial charge is 0.348 e. The fourth-order valence-corrected chi connectivity index (χ4v) is 3.52. The van der Waals surface area contributed by atoms with Crippen LogP contribution in [0.15, 0.2) is 90.6 Å². The minimum absolute atomic E-state index is 0.0903. The van der Waals surface area contributed by atoms with Crippen LogP contribution in [0, 0.1) is 18.3 Å². The van der Waals surface area contributed by atoms with E-state index in [1.165, 1.54) is 11.6 Å². The van der Waals surface area contributed by atoms with Crippen molar-refractivity contribution in [1.82, 2.24) is 9.78 Å². The van der Waals surface area contributed by atoms with Crippen molar-refractivity contribution in [2.24, 2.45) is 0 Å². The molecular formula is C29H25N3O3. The SMILES string of the molecule is CCOC(=O)/C(C#N)=C\c1cn(-c2ccccc2)nc1-c1cccc(OCc2ccc(C)cc2)c1. The largest absolute Gasteiger partial charge is 0.489 e. The van der Waals surface area contributed by atoms with Crippen LogP contribution in [-0.2, 0) is 16.1 Å². The molecule has 0 aliphatic heterocycles. The molecule has 4 aromatic rings. The molecule has 3 aromatic carbocycles. The van der Waals surface area contributed by atoms with Gasteiger partial charge in [-0.3, -0.25) is 0 Å². The monoisotopic (exact) mass is 463 g/mol. The summed E-state index contributed by atoms with van der Waals surface area (Å²) in [5.74, 6) is 0.0294. The van der Waals surface area contributed by atoms with Crippen LogP contribution in [0.5, 0.6) is 5.75 Å². The number of benzene rings is 3. The van der Waals surface area contributed by atoms with Gasteiger partial charge in [-0.1, -0.05) is 60.2 Å². The second-order valence-corrected chi connectivity index (χ2v) is 7.91. The predicted octanol–water partition coefficient (Wildman–Crippen LogP) is 5.90. The molecule has 35 heavy (non-hydrogen) atoms. The molecule has 0 radical (unpaired) electrons. The number of para-hydroxylation sites is 1. The van der Waals surface area contributed by atoms with E-state index in [9.17, 15) is 10.1 Å². The fraction of sp³-hybridized carbons (Fsp3) is 0.138. The summed E-state index contributed by atoms with van der Waals surface area (Å²) in [5.41, 5.74) is 5.08. The molecule has 0 atom stereocenters. The number of hydrogen-bond donors (Lipinski definition) is 0. The van der Waals surface area contributed by atoms with Gasteiger partial charge in [-0.15, -0.1) is 0 Å². The highest BCUT2D eigenvalue weighted by Crippen LogP contribution is 2.29. The Morgan fingerprint density at radius 1 is 1.06 bits per heavy atom. The molecule has 0 saturated heterocycles. The van der Waals surface area contributed by atoms with Gasteiger partial charge in [-0.25, -0.2) is 9.48 Å². The van der Waals surface area contributed by atoms with Crippen LogP contribution in [-0.4, -0.2) is 22.4 Å². The highest BCUT2D eigenvalue weighted by Gasteiger charge is 2.16. The first-order valence-corrected chi connectivity index (χ1v) is 11.3. The van der Waals surface area contributed by atoms with E-state index in [0.29, 0.717) is 23.6 Å². The number of rotatable bonds is 8. The third-order valence-electron chi connectivity index (χ3n) is 5.31. The molecule has 0 bridgehead atoms. The van der Waals surface area contributed by atoms with Crippen LogP contribution in [0.3, 0.4) is 0 Å². The highest BCUT2D eigenvalue weighted by molar-refractivity contribution is 5.98. The van der Waals surface area contributed by atoms with Crippen molar-refractivity contribution >= 4 is 12.0 Å². The zero-order chi connectivity index (χ0) is 24.6. The zero-order valence-corrected chi connectivity index (χ0v) is 19.6. The Morgan fingerprint density at radius 3 is 2.54 bits per heavy atom. The topological polar surface area (TPSA) is 77.1 Å². The number of carbonyl (C=O) groups excluding carboxylic acids is 1. The van der Waals surface area contributed by atoms with Gasteiger partial charge in [-0.2, -0.15) is 10.4 Å². The molecule has 0 fully saturated rings. The summed E-state index contributed by atoms with van der Waals surface area (Å²) in [6.45, 7) is 4.38. The van der Waals surface area contributed by atoms with Crippen molar-refractivity contribution in [2.75, 3.05) is 6.61 Å². The first kappa shape index (κ1) is 23.5. The van der Waals surface area contributed by atoms with Gasteiger partial charge in [0.05, 0.1) is 12.3 Å². The molecule has 1 aromatic heterocycles. The van der Waals surface area contributed by atoms with Gasteiger partial charge in [0.1, 0.15) is 29.7 Å². The van der Waals surface area contributed by atoms with E-state index in [4.69, 9.17) is 14.6 Å². The lowest BCUT2D eigenvalue weighted by molar-refractivity contribution is -0.137. The lowest BCUT2D eigenvalue weighted by Crippen LogP contribution is -2.06. The van der Waals surface area contributed by atoms with E-state index in [-0.39, 0.29) is 12.2 Å². The first-order chi connectivity index (χ1) is 17.1. The van der Waals surface area contributed by atoms with Gasteiger partial charge >= 0.3 is 5.97 Å². The van der Waals surface area contributed by atoms with Crippen LogP contribution < -0.4 is 4.74 Å². The Hall–Kier alpha value is -4.63. The number of nitrogens with zero attached hydrogens (tertiary/aromatic N) is 3. The van der Waals surface area contributed by atoms with Crippen molar-refractivity contribution < 1.29 is 14.3 Å². The summed E-state index contributed by atoms with van der Waals surface area (Å²) in [5, 5.41) is 14.3. The van der Waals surface area contributed by atoms with Crippen molar-refractivity contribution in [3.05, 3.63) is 107 Å². The summed E-state index contributed by atoms with van der Waals surface area (Å²) in [7, 11) is 0. The number of ether oxygens (including phenoxy) is 2. The maximum atomic E-state index is 12.2. The number of carbonyl (C=O) groups is 1. The number of nitriles is 1. The zero-order valence-electron chi connectivity index (χ0n) is 19.6. The maximum absolute atomic E-state index is 12.2. The van der Waals surface area contributed by atoms with Crippen molar-refractivity contribution in [3.8, 4) is 28.8 Å². The number of esters is 1. The molecule has 4 rings (SSSR count). The molecule has 0 aliphatic rings. The van der Waals surface area contributed by atoms with Crippen molar-refractivity contribution in [2.45, 2.75) is 20.5 Å². The minimum atomic E-state index is -0.663. The molecule has 0 amide bonds. The fourth-order valence-electron chi connectivity index (χ4n) is 3.52. The quantitative estimate of drug-likeness (QED) is 0.185. The Kier molecular flexibility index (Phi) is 7.39. The third-order valence-corrected chi connectivity index (χ3v) is 5.31. The van der Waals surface area contributed by atoms with E-state index < -0.39 is 5.97 Å². The van der Waals surface area contributed by atoms with Crippen molar-refractivity contribution in [3.63, 3.8) is 0 Å². The number of aromatic nitrogens is 2. The van der Waals surface area contributed by atoms with Gasteiger partial charge < -0.3 is 9.47 Å². The van der Waals surface area contributed by atoms with Crippen LogP contribution in [0.25, 0.3) is 23.0 Å². The van der Waals surface area contributed by atoms with Crippen molar-refractivity contribution in [1.29, 1.82) is 5.26 Å². The lowest BCUT2D eigenvalue weighted by Gasteiger charge is -2.08. The van der Waals surface area contributed by atoms with Gasteiger partial charge in [0.25, 0.3) is 0 Å². The Bertz CT molecular complexity index is 1380. The van der Waals surface area contributed by atoms with Gasteiger partial charge in [-0.05, 0) is 49.8 Å². The molecule has 0 spiro atoms. The third kappa shape index (κ3) is 5.84. The molecular weight excluding hydrogens is 438 g/mol. The minimum Gasteiger partial charge on any atom is -0.489 e. The van der Waals surface area contributed by atoms with Gasteiger partial charge in [0.15, 0.2) is 0 Å². The summed E-state index contributed by atoms with van der Waals surface area (Å²) < 4.78 is 12.8. The Balaban J connectivity index is 1.70. The second-order valence-electron chi connectivity index (χ2n) is 7.91. The molecule has 6 heteroatoms. The van der Waals surface area contributed by atoms with Gasteiger partial charge in [0, 0.05) is 17.3 Å². The Labute approximate surface area is 204 Å². The molecule has 0 N–H and O–H groups in total. The van der Waals surface area contributed by atoms with Gasteiger partial charge in [0.2, 0.25) is 0 Å². The van der Waals surface area contributed by atoms with Crippen LogP contribution in [0.2, 0.25) is 0 Å². The average Bonchev–Trinajstić information content (AvgIpc) is 3.32. The van der Waals surface area contributed by atoms with E-state index in [1.54, 1.807) is 17.8 Å². The molecule has 6 nitrogen and oxygen atoms in total. The second kappa shape index (κ2) is 11.0. The molecule has 1 heterocycles. The summed E-state index contributed by atoms with van der Waals surface area (Å²) in [6, 6.07) is 27.4. The molecule has 0 saturated carbocycles. The summed E-state index contributed by atoms with van der Waals surface area (Å²) in [4.78, 5) is 12.2. The van der Waals surface area contributed by atoms with E-state index >= 15 is 0 Å². The average molecular weight is 464 g/mol. The van der Waals surface area contributed by atoms with E-state index in [0.717, 1.165) is 16.8 Å². The molecule has 0 unspecified atom stereocenters. The molecule has 174 valence electrons. The molecule has 0 aliphatic carbocycles. The Morgan fingerprint density at radius 2 is 1.83 bits per heavy atom. The lowest BCUT2D eigenvalue weighted by atomic mass is 10.1. The summed E-state index contributed by atoms with van der Waals surface area (Å²) >= 11 is 0. The predicted molar refractivity (Wildman–Crippen MR) is 135 cm³/mol. The highest BCUT2D eigenvalue weighted by atomic mass is 16.5. The summed E-state index contributed by atoms with van der Waals surface area (Å²) in [6.07, 6.45) is 3.31. The maximum Gasteiger partial charge on any atom is 0.348 e. The van der Waals surface area contributed by atoms with E-state index in [2.05, 4.69) is 12.1 Å². The van der Waals surface area contributed by atoms with Crippen LogP contribution in [0.4, 0.5) is 0 Å². The first-order valence-electron chi connectivity index (χ1n) is 11.3. The van der Waals surface area contributed by atoms with Crippen LogP contribution in [0.1, 0.15) is 23.6 Å². The van der Waals surface area contributed by atoms with E-state index in [1.807, 2.05) is 79.7 Å². The standard InChI is InChI=1S/C29H25N3O3/c1-3-34-29(33)24(18-30)16-25-19-32(26-9-5-4-6-10-26)31-28(25)23-8-7-11-27(17-23)35-20-22-14-12-21(2)13-15-22/h4-17,19H,3,20H2,1-2H3/b24-16-. The normalized spacial score (nSPS) is 11.1. The number of hydrogen-bond acceptors (Lipinski definition) is 5. The van der Waals surface area contributed by atoms with Crippen LogP contribution >= 0.6 is 0 Å².